The quantitative estimate of drug-likeness (QED) is 0.797. The molecule has 0 saturated carbocycles. The van der Waals surface area contributed by atoms with E-state index in [0.29, 0.717) is 6.54 Å². The summed E-state index contributed by atoms with van der Waals surface area (Å²) in [6.45, 7) is 2.71. The van der Waals surface area contributed by atoms with Crippen LogP contribution < -0.4 is 5.73 Å². The fourth-order valence-corrected chi connectivity index (χ4v) is 2.54. The second kappa shape index (κ2) is 5.27. The smallest absolute Gasteiger partial charge is 0.137 e. The predicted molar refractivity (Wildman–Crippen MR) is 83.1 cm³/mol. The Morgan fingerprint density at radius 1 is 1.20 bits per heavy atom. The Hall–Kier alpha value is -1.84. The number of imidazole rings is 1. The molecule has 102 valence electrons. The van der Waals surface area contributed by atoms with Crippen molar-refractivity contribution in [2.45, 2.75) is 12.8 Å². The molecular formula is C16H16ClN3. The van der Waals surface area contributed by atoms with Crippen molar-refractivity contribution in [1.82, 2.24) is 9.38 Å². The van der Waals surface area contributed by atoms with E-state index in [4.69, 9.17) is 22.3 Å². The van der Waals surface area contributed by atoms with E-state index in [1.54, 1.807) is 0 Å². The van der Waals surface area contributed by atoms with Crippen LogP contribution in [0.1, 0.15) is 18.5 Å². The first kappa shape index (κ1) is 13.2. The van der Waals surface area contributed by atoms with Crippen LogP contribution in [0.3, 0.4) is 0 Å². The average Bonchev–Trinajstić information content (AvgIpc) is 2.86. The van der Waals surface area contributed by atoms with E-state index in [-0.39, 0.29) is 5.92 Å². The lowest BCUT2D eigenvalue weighted by molar-refractivity contribution is 0.738. The number of fused-ring (bicyclic) bond motifs is 1. The molecule has 0 spiro atoms. The minimum atomic E-state index is 0.234. The lowest BCUT2D eigenvalue weighted by Gasteiger charge is -2.11. The maximum Gasteiger partial charge on any atom is 0.137 e. The average molecular weight is 286 g/mol. The topological polar surface area (TPSA) is 43.3 Å². The minimum Gasteiger partial charge on any atom is -0.330 e. The van der Waals surface area contributed by atoms with Crippen LogP contribution in [0.25, 0.3) is 16.9 Å². The van der Waals surface area contributed by atoms with Crippen LogP contribution in [0.4, 0.5) is 0 Å². The van der Waals surface area contributed by atoms with Gasteiger partial charge in [0.1, 0.15) is 5.65 Å². The van der Waals surface area contributed by atoms with E-state index in [9.17, 15) is 0 Å². The highest BCUT2D eigenvalue weighted by atomic mass is 35.5. The fourth-order valence-electron chi connectivity index (χ4n) is 2.42. The summed E-state index contributed by atoms with van der Waals surface area (Å²) in [5.41, 5.74) is 9.99. The Morgan fingerprint density at radius 3 is 2.65 bits per heavy atom. The first-order valence-electron chi connectivity index (χ1n) is 6.63. The van der Waals surface area contributed by atoms with Crippen LogP contribution in [0.5, 0.6) is 0 Å². The van der Waals surface area contributed by atoms with Crippen molar-refractivity contribution < 1.29 is 0 Å². The highest BCUT2D eigenvalue weighted by molar-refractivity contribution is 6.30. The molecule has 2 N–H and O–H groups in total. The van der Waals surface area contributed by atoms with E-state index in [0.717, 1.165) is 27.6 Å². The Kier molecular flexibility index (Phi) is 3.47. The molecule has 0 aliphatic heterocycles. The zero-order chi connectivity index (χ0) is 14.1. The number of rotatable bonds is 3. The molecule has 1 unspecified atom stereocenters. The second-order valence-corrected chi connectivity index (χ2v) is 5.35. The summed E-state index contributed by atoms with van der Waals surface area (Å²) in [5.74, 6) is 0.234. The number of hydrogen-bond acceptors (Lipinski definition) is 2. The molecule has 3 aromatic rings. The van der Waals surface area contributed by atoms with Crippen LogP contribution in [0.15, 0.2) is 48.7 Å². The van der Waals surface area contributed by atoms with Gasteiger partial charge in [0, 0.05) is 29.2 Å². The summed E-state index contributed by atoms with van der Waals surface area (Å²) < 4.78 is 2.11. The van der Waals surface area contributed by atoms with Crippen molar-refractivity contribution in [3.8, 4) is 11.3 Å². The molecule has 0 aliphatic carbocycles. The van der Waals surface area contributed by atoms with E-state index < -0.39 is 0 Å². The molecule has 0 aliphatic rings. The molecule has 2 heterocycles. The Balaban J connectivity index is 2.26. The standard InChI is InChI=1S/C16H16ClN3/c1-11(10-18)16-15(12-5-7-13(17)8-6-12)19-14-4-2-3-9-20(14)16/h2-9,11H,10,18H2,1H3. The van der Waals surface area contributed by atoms with Crippen molar-refractivity contribution >= 4 is 17.2 Å². The molecule has 0 amide bonds. The number of nitrogens with zero attached hydrogens (tertiary/aromatic N) is 2. The van der Waals surface area contributed by atoms with Gasteiger partial charge in [-0.15, -0.1) is 0 Å². The molecule has 3 nitrogen and oxygen atoms in total. The predicted octanol–water partition coefficient (Wildman–Crippen LogP) is 3.72. The normalized spacial score (nSPS) is 12.8. The van der Waals surface area contributed by atoms with Gasteiger partial charge >= 0.3 is 0 Å². The second-order valence-electron chi connectivity index (χ2n) is 4.92. The van der Waals surface area contributed by atoms with Gasteiger partial charge in [-0.1, -0.05) is 36.7 Å². The first-order valence-corrected chi connectivity index (χ1v) is 7.01. The number of benzene rings is 1. The lowest BCUT2D eigenvalue weighted by Crippen LogP contribution is -2.11. The minimum absolute atomic E-state index is 0.234. The van der Waals surface area contributed by atoms with Gasteiger partial charge in [-0.2, -0.15) is 0 Å². The van der Waals surface area contributed by atoms with Gasteiger partial charge in [0.05, 0.1) is 11.4 Å². The Labute approximate surface area is 123 Å². The zero-order valence-electron chi connectivity index (χ0n) is 11.3. The van der Waals surface area contributed by atoms with Gasteiger partial charge in [-0.05, 0) is 24.3 Å². The number of pyridine rings is 1. The van der Waals surface area contributed by atoms with Crippen LogP contribution in [0.2, 0.25) is 5.02 Å². The first-order chi connectivity index (χ1) is 9.70. The monoisotopic (exact) mass is 285 g/mol. The lowest BCUT2D eigenvalue weighted by atomic mass is 10.0. The van der Waals surface area contributed by atoms with E-state index in [1.165, 1.54) is 0 Å². The number of halogens is 1. The van der Waals surface area contributed by atoms with Crippen molar-refractivity contribution in [3.63, 3.8) is 0 Å². The molecule has 1 aromatic carbocycles. The van der Waals surface area contributed by atoms with Crippen LogP contribution in [0, 0.1) is 0 Å². The highest BCUT2D eigenvalue weighted by Gasteiger charge is 2.18. The van der Waals surface area contributed by atoms with E-state index >= 15 is 0 Å². The SMILES string of the molecule is CC(CN)c1c(-c2ccc(Cl)cc2)nc2ccccn12. The summed E-state index contributed by atoms with van der Waals surface area (Å²) in [6.07, 6.45) is 2.03. The molecule has 0 fully saturated rings. The van der Waals surface area contributed by atoms with Gasteiger partial charge in [0.25, 0.3) is 0 Å². The van der Waals surface area contributed by atoms with Crippen LogP contribution in [-0.4, -0.2) is 15.9 Å². The Morgan fingerprint density at radius 2 is 1.95 bits per heavy atom. The maximum absolute atomic E-state index is 5.96. The largest absolute Gasteiger partial charge is 0.330 e. The third-order valence-electron chi connectivity index (χ3n) is 3.50. The summed E-state index contributed by atoms with van der Waals surface area (Å²) in [6, 6.07) is 13.8. The van der Waals surface area contributed by atoms with Crippen molar-refractivity contribution in [2.24, 2.45) is 5.73 Å². The highest BCUT2D eigenvalue weighted by Crippen LogP contribution is 2.30. The van der Waals surface area contributed by atoms with Crippen molar-refractivity contribution in [2.75, 3.05) is 6.54 Å². The molecule has 0 saturated heterocycles. The molecule has 0 bridgehead atoms. The summed E-state index contributed by atoms with van der Waals surface area (Å²) in [5, 5.41) is 0.728. The van der Waals surface area contributed by atoms with Crippen molar-refractivity contribution in [3.05, 3.63) is 59.4 Å². The molecular weight excluding hydrogens is 270 g/mol. The van der Waals surface area contributed by atoms with Crippen LogP contribution >= 0.6 is 11.6 Å². The van der Waals surface area contributed by atoms with Gasteiger partial charge in [0.15, 0.2) is 0 Å². The van der Waals surface area contributed by atoms with Gasteiger partial charge < -0.3 is 10.1 Å². The zero-order valence-corrected chi connectivity index (χ0v) is 12.0. The summed E-state index contributed by atoms with van der Waals surface area (Å²) in [7, 11) is 0. The molecule has 0 radical (unpaired) electrons. The molecule has 20 heavy (non-hydrogen) atoms. The van der Waals surface area contributed by atoms with Crippen molar-refractivity contribution in [1.29, 1.82) is 0 Å². The fraction of sp³-hybridized carbons (Fsp3) is 0.188. The molecule has 2 aromatic heterocycles. The van der Waals surface area contributed by atoms with Gasteiger partial charge in [0.2, 0.25) is 0 Å². The van der Waals surface area contributed by atoms with E-state index in [1.807, 2.05) is 48.7 Å². The van der Waals surface area contributed by atoms with Gasteiger partial charge in [-0.25, -0.2) is 4.98 Å². The third-order valence-corrected chi connectivity index (χ3v) is 3.76. The molecule has 1 atom stereocenters. The maximum atomic E-state index is 5.96. The number of hydrogen-bond donors (Lipinski definition) is 1. The number of aromatic nitrogens is 2. The third kappa shape index (κ3) is 2.19. The molecule has 4 heteroatoms. The summed E-state index contributed by atoms with van der Waals surface area (Å²) in [4.78, 5) is 4.75. The van der Waals surface area contributed by atoms with E-state index in [2.05, 4.69) is 11.3 Å². The number of nitrogens with two attached hydrogens (primary N) is 1. The Bertz CT molecular complexity index is 731. The van der Waals surface area contributed by atoms with Gasteiger partial charge in [-0.3, -0.25) is 0 Å². The summed E-state index contributed by atoms with van der Waals surface area (Å²) >= 11 is 5.96. The van der Waals surface area contributed by atoms with Crippen LogP contribution in [-0.2, 0) is 0 Å². The molecule has 3 rings (SSSR count).